The van der Waals surface area contributed by atoms with Crippen LogP contribution in [0.15, 0.2) is 29.2 Å². The maximum Gasteiger partial charge on any atom is 0.341 e. The number of carbonyl (C=O) groups is 1. The normalized spacial score (nSPS) is 17.7. The lowest BCUT2D eigenvalue weighted by atomic mass is 9.86. The number of rotatable bonds is 2. The molecule has 138 valence electrons. The summed E-state index contributed by atoms with van der Waals surface area (Å²) in [7, 11) is 0. The fourth-order valence-electron chi connectivity index (χ4n) is 3.61. The van der Waals surface area contributed by atoms with Crippen molar-refractivity contribution in [2.45, 2.75) is 39.2 Å². The Labute approximate surface area is 162 Å². The van der Waals surface area contributed by atoms with Crippen LogP contribution in [0.4, 0.5) is 0 Å². The van der Waals surface area contributed by atoms with Crippen molar-refractivity contribution in [1.82, 2.24) is 4.57 Å². The van der Waals surface area contributed by atoms with Gasteiger partial charge in [-0.2, -0.15) is 0 Å². The van der Waals surface area contributed by atoms with Gasteiger partial charge in [0.15, 0.2) is 5.43 Å². The zero-order chi connectivity index (χ0) is 19.3. The van der Waals surface area contributed by atoms with E-state index in [2.05, 4.69) is 25.7 Å². The number of carboxylic acids is 1. The molecule has 0 unspecified atom stereocenters. The molecular weight excluding hydrogens is 362 g/mol. The number of aromatic carboxylic acids is 1. The molecule has 1 saturated carbocycles. The van der Waals surface area contributed by atoms with Gasteiger partial charge in [0.1, 0.15) is 5.56 Å². The highest BCUT2D eigenvalue weighted by atomic mass is 35.5. The number of benzene rings is 1. The van der Waals surface area contributed by atoms with Crippen LogP contribution in [-0.4, -0.2) is 15.6 Å². The first-order valence-electron chi connectivity index (χ1n) is 9.19. The smallest absolute Gasteiger partial charge is 0.341 e. The molecule has 1 aromatic carbocycles. The van der Waals surface area contributed by atoms with E-state index >= 15 is 0 Å². The third-order valence-corrected chi connectivity index (χ3v) is 5.64. The highest BCUT2D eigenvalue weighted by molar-refractivity contribution is 6.32. The number of nitrogens with zero attached hydrogens (tertiary/aromatic N) is 1. The Morgan fingerprint density at radius 2 is 2.04 bits per heavy atom. The van der Waals surface area contributed by atoms with E-state index in [1.807, 2.05) is 16.7 Å². The molecule has 4 rings (SSSR count). The number of halogens is 1. The van der Waals surface area contributed by atoms with E-state index in [-0.39, 0.29) is 17.5 Å². The lowest BCUT2D eigenvalue weighted by Gasteiger charge is -2.33. The molecule has 1 fully saturated rings. The summed E-state index contributed by atoms with van der Waals surface area (Å²) < 4.78 is 1.92. The van der Waals surface area contributed by atoms with Gasteiger partial charge in [-0.05, 0) is 42.9 Å². The summed E-state index contributed by atoms with van der Waals surface area (Å²) in [6.45, 7) is 4.20. The predicted molar refractivity (Wildman–Crippen MR) is 105 cm³/mol. The van der Waals surface area contributed by atoms with Gasteiger partial charge in [-0.1, -0.05) is 37.3 Å². The molecular formula is C22H20ClNO3. The molecule has 0 bridgehead atoms. The first kappa shape index (κ1) is 17.9. The number of hydrogen-bond donors (Lipinski definition) is 1. The van der Waals surface area contributed by atoms with Crippen molar-refractivity contribution in [3.63, 3.8) is 0 Å². The lowest BCUT2D eigenvalue weighted by Crippen LogP contribution is -2.28. The summed E-state index contributed by atoms with van der Waals surface area (Å²) in [5.41, 5.74) is 2.82. The summed E-state index contributed by atoms with van der Waals surface area (Å²) >= 11 is 6.47. The molecule has 2 aliphatic rings. The number of fused-ring (bicyclic) bond motifs is 3. The van der Waals surface area contributed by atoms with Crippen molar-refractivity contribution < 1.29 is 9.90 Å². The summed E-state index contributed by atoms with van der Waals surface area (Å²) in [5, 5.41) is 9.89. The molecule has 1 N–H and O–H groups in total. The average molecular weight is 382 g/mol. The SMILES string of the molecule is CC(C)[C@@H]1Cc2cc(C#CC3CC3)c(Cl)cc2-c2cc(=O)c(C(=O)O)cn21. The number of pyridine rings is 1. The molecule has 0 radical (unpaired) electrons. The first-order chi connectivity index (χ1) is 12.8. The molecule has 2 aromatic rings. The zero-order valence-electron chi connectivity index (χ0n) is 15.3. The molecule has 1 aromatic heterocycles. The van der Waals surface area contributed by atoms with Crippen molar-refractivity contribution in [3.8, 4) is 23.1 Å². The molecule has 4 nitrogen and oxygen atoms in total. The summed E-state index contributed by atoms with van der Waals surface area (Å²) in [4.78, 5) is 23.7. The molecule has 1 aliphatic carbocycles. The Hall–Kier alpha value is -2.51. The van der Waals surface area contributed by atoms with Gasteiger partial charge in [0.2, 0.25) is 0 Å². The van der Waals surface area contributed by atoms with Crippen LogP contribution in [-0.2, 0) is 6.42 Å². The maximum atomic E-state index is 12.3. The van der Waals surface area contributed by atoms with Crippen molar-refractivity contribution in [2.24, 2.45) is 11.8 Å². The van der Waals surface area contributed by atoms with Crippen molar-refractivity contribution in [3.05, 3.63) is 56.3 Å². The second kappa shape index (κ2) is 6.58. The van der Waals surface area contributed by atoms with E-state index in [1.165, 1.54) is 12.3 Å². The van der Waals surface area contributed by atoms with Crippen molar-refractivity contribution >= 4 is 17.6 Å². The van der Waals surface area contributed by atoms with Gasteiger partial charge in [-0.15, -0.1) is 0 Å². The predicted octanol–water partition coefficient (Wildman–Crippen LogP) is 4.38. The minimum atomic E-state index is -1.20. The van der Waals surface area contributed by atoms with Crippen LogP contribution in [0.25, 0.3) is 11.3 Å². The molecule has 0 saturated heterocycles. The third kappa shape index (κ3) is 3.28. The van der Waals surface area contributed by atoms with Crippen LogP contribution >= 0.6 is 11.6 Å². The largest absolute Gasteiger partial charge is 0.477 e. The Kier molecular flexibility index (Phi) is 4.36. The molecule has 0 spiro atoms. The van der Waals surface area contributed by atoms with Crippen LogP contribution in [0.5, 0.6) is 0 Å². The molecule has 1 aliphatic heterocycles. The number of hydrogen-bond acceptors (Lipinski definition) is 2. The van der Waals surface area contributed by atoms with E-state index in [1.54, 1.807) is 0 Å². The Morgan fingerprint density at radius 1 is 1.30 bits per heavy atom. The van der Waals surface area contributed by atoms with E-state index in [9.17, 15) is 14.7 Å². The minimum absolute atomic E-state index is 0.0663. The fourth-order valence-corrected chi connectivity index (χ4v) is 3.82. The summed E-state index contributed by atoms with van der Waals surface area (Å²) in [6, 6.07) is 5.37. The van der Waals surface area contributed by atoms with Crippen molar-refractivity contribution in [2.75, 3.05) is 0 Å². The van der Waals surface area contributed by atoms with Gasteiger partial charge in [0.25, 0.3) is 0 Å². The molecule has 5 heteroatoms. The van der Waals surface area contributed by atoms with E-state index in [0.717, 1.165) is 36.0 Å². The average Bonchev–Trinajstić information content (AvgIpc) is 3.43. The van der Waals surface area contributed by atoms with E-state index in [4.69, 9.17) is 11.6 Å². The van der Waals surface area contributed by atoms with Gasteiger partial charge in [-0.25, -0.2) is 4.79 Å². The van der Waals surface area contributed by atoms with Gasteiger partial charge in [0, 0.05) is 35.3 Å². The Morgan fingerprint density at radius 3 is 2.67 bits per heavy atom. The van der Waals surface area contributed by atoms with Crippen LogP contribution in [0.2, 0.25) is 5.02 Å². The standard InChI is InChI=1S/C22H20ClNO3/c1-12(2)19-8-15-7-14(6-5-13-3-4-13)18(23)9-16(15)20-10-21(25)17(22(26)27)11-24(19)20/h7,9-13,19H,3-4,8H2,1-2H3,(H,26,27)/t19-/m0/s1. The minimum Gasteiger partial charge on any atom is -0.477 e. The Bertz CT molecular complexity index is 1070. The van der Waals surface area contributed by atoms with Crippen LogP contribution < -0.4 is 5.43 Å². The monoisotopic (exact) mass is 381 g/mol. The summed E-state index contributed by atoms with van der Waals surface area (Å²) in [6.07, 6.45) is 4.54. The molecule has 0 amide bonds. The second-order valence-electron chi connectivity index (χ2n) is 7.70. The second-order valence-corrected chi connectivity index (χ2v) is 8.10. The Balaban J connectivity index is 1.90. The quantitative estimate of drug-likeness (QED) is 0.785. The number of carboxylic acid groups (broad SMARTS) is 1. The molecule has 2 heterocycles. The van der Waals surface area contributed by atoms with Gasteiger partial charge < -0.3 is 9.67 Å². The number of aromatic nitrogens is 1. The van der Waals surface area contributed by atoms with Crippen LogP contribution in [0.3, 0.4) is 0 Å². The van der Waals surface area contributed by atoms with Crippen molar-refractivity contribution in [1.29, 1.82) is 0 Å². The fraction of sp³-hybridized carbons (Fsp3) is 0.364. The highest BCUT2D eigenvalue weighted by Gasteiger charge is 2.28. The lowest BCUT2D eigenvalue weighted by molar-refractivity contribution is 0.0694. The first-order valence-corrected chi connectivity index (χ1v) is 9.56. The molecule has 1 atom stereocenters. The van der Waals surface area contributed by atoms with E-state index in [0.29, 0.717) is 16.6 Å². The summed E-state index contributed by atoms with van der Waals surface area (Å²) in [5.74, 6) is 6.02. The topological polar surface area (TPSA) is 59.3 Å². The van der Waals surface area contributed by atoms with Crippen LogP contribution in [0.1, 0.15) is 54.2 Å². The highest BCUT2D eigenvalue weighted by Crippen LogP contribution is 2.39. The van der Waals surface area contributed by atoms with Crippen LogP contribution in [0, 0.1) is 23.7 Å². The zero-order valence-corrected chi connectivity index (χ0v) is 16.0. The van der Waals surface area contributed by atoms with E-state index < -0.39 is 11.4 Å². The maximum absolute atomic E-state index is 12.3. The van der Waals surface area contributed by atoms with Gasteiger partial charge >= 0.3 is 5.97 Å². The third-order valence-electron chi connectivity index (χ3n) is 5.32. The van der Waals surface area contributed by atoms with Gasteiger partial charge in [0.05, 0.1) is 10.7 Å². The van der Waals surface area contributed by atoms with Gasteiger partial charge in [-0.3, -0.25) is 4.79 Å². The molecule has 27 heavy (non-hydrogen) atoms.